The van der Waals surface area contributed by atoms with Gasteiger partial charge in [0.2, 0.25) is 5.69 Å². The highest BCUT2D eigenvalue weighted by Gasteiger charge is 2.02. The normalized spacial score (nSPS) is 11.1. The van der Waals surface area contributed by atoms with Crippen molar-refractivity contribution in [3.63, 3.8) is 0 Å². The molecule has 0 unspecified atom stereocenters. The molecule has 0 radical (unpaired) electrons. The molecular formula is C14H17N2+. The van der Waals surface area contributed by atoms with Crippen LogP contribution < -0.4 is 4.57 Å². The molecule has 2 rings (SSSR count). The van der Waals surface area contributed by atoms with Gasteiger partial charge in [-0.05, 0) is 30.7 Å². The molecular weight excluding hydrogens is 196 g/mol. The minimum atomic E-state index is 1.08. The maximum atomic E-state index is 3.15. The van der Waals surface area contributed by atoms with Crippen molar-refractivity contribution in [1.29, 1.82) is 0 Å². The molecule has 2 heteroatoms. The van der Waals surface area contributed by atoms with E-state index in [0.29, 0.717) is 0 Å². The number of pyridine rings is 1. The van der Waals surface area contributed by atoms with E-state index in [1.807, 2.05) is 12.3 Å². The van der Waals surface area contributed by atoms with E-state index in [2.05, 4.69) is 60.1 Å². The van der Waals surface area contributed by atoms with Gasteiger partial charge in [-0.1, -0.05) is 6.92 Å². The summed E-state index contributed by atoms with van der Waals surface area (Å²) in [6, 6.07) is 8.38. The number of aromatic nitrogens is 2. The van der Waals surface area contributed by atoms with Crippen molar-refractivity contribution in [1.82, 2.24) is 4.98 Å². The highest BCUT2D eigenvalue weighted by molar-refractivity contribution is 5.64. The fourth-order valence-corrected chi connectivity index (χ4v) is 1.68. The Labute approximate surface area is 96.3 Å². The average molecular weight is 213 g/mol. The van der Waals surface area contributed by atoms with Crippen LogP contribution in [0.25, 0.3) is 12.2 Å². The summed E-state index contributed by atoms with van der Waals surface area (Å²) in [5.74, 6) is 0. The predicted octanol–water partition coefficient (Wildman–Crippen LogP) is 2.57. The molecule has 0 aromatic carbocycles. The van der Waals surface area contributed by atoms with Gasteiger partial charge in [0.05, 0.1) is 0 Å². The number of rotatable bonds is 3. The van der Waals surface area contributed by atoms with Crippen LogP contribution in [0.15, 0.2) is 36.7 Å². The molecule has 0 spiro atoms. The summed E-state index contributed by atoms with van der Waals surface area (Å²) in [6.07, 6.45) is 9.38. The zero-order valence-corrected chi connectivity index (χ0v) is 9.77. The van der Waals surface area contributed by atoms with Crippen molar-refractivity contribution in [2.24, 2.45) is 7.05 Å². The summed E-state index contributed by atoms with van der Waals surface area (Å²) in [6.45, 7) is 2.17. The second kappa shape index (κ2) is 4.79. The average Bonchev–Trinajstić information content (AvgIpc) is 2.80. The van der Waals surface area contributed by atoms with Crippen LogP contribution in [0, 0.1) is 0 Å². The highest BCUT2D eigenvalue weighted by Crippen LogP contribution is 2.04. The Morgan fingerprint density at radius 1 is 1.25 bits per heavy atom. The standard InChI is InChI=1S/C14H16N2/c1-3-12-6-8-14(16(2)11-12)9-7-13-5-4-10-15-13/h4-11H,3H2,1-2H3/p+1. The fourth-order valence-electron chi connectivity index (χ4n) is 1.68. The number of aromatic amines is 1. The molecule has 0 bridgehead atoms. The van der Waals surface area contributed by atoms with Crippen molar-refractivity contribution in [3.05, 3.63) is 53.6 Å². The molecule has 0 amide bonds. The van der Waals surface area contributed by atoms with Crippen molar-refractivity contribution < 1.29 is 4.57 Å². The number of hydrogen-bond acceptors (Lipinski definition) is 0. The van der Waals surface area contributed by atoms with E-state index in [1.54, 1.807) is 0 Å². The Morgan fingerprint density at radius 3 is 2.75 bits per heavy atom. The van der Waals surface area contributed by atoms with E-state index < -0.39 is 0 Å². The molecule has 0 aliphatic rings. The number of aryl methyl sites for hydroxylation is 2. The first kappa shape index (κ1) is 10.7. The van der Waals surface area contributed by atoms with Crippen LogP contribution >= 0.6 is 0 Å². The molecule has 0 aliphatic carbocycles. The van der Waals surface area contributed by atoms with Crippen LogP contribution in [0.4, 0.5) is 0 Å². The molecule has 2 nitrogen and oxygen atoms in total. The van der Waals surface area contributed by atoms with Gasteiger partial charge in [0, 0.05) is 29.6 Å². The van der Waals surface area contributed by atoms with Gasteiger partial charge in [0.25, 0.3) is 0 Å². The van der Waals surface area contributed by atoms with Gasteiger partial charge >= 0.3 is 0 Å². The molecule has 1 N–H and O–H groups in total. The monoisotopic (exact) mass is 213 g/mol. The van der Waals surface area contributed by atoms with Crippen LogP contribution in [-0.4, -0.2) is 4.98 Å². The number of H-pyrrole nitrogens is 1. The van der Waals surface area contributed by atoms with E-state index in [4.69, 9.17) is 0 Å². The van der Waals surface area contributed by atoms with Gasteiger partial charge in [-0.2, -0.15) is 0 Å². The van der Waals surface area contributed by atoms with Gasteiger partial charge < -0.3 is 4.98 Å². The third-order valence-electron chi connectivity index (χ3n) is 2.70. The summed E-state index contributed by atoms with van der Waals surface area (Å²) < 4.78 is 2.15. The highest BCUT2D eigenvalue weighted by atomic mass is 14.9. The molecule has 0 saturated heterocycles. The Balaban J connectivity index is 2.22. The quantitative estimate of drug-likeness (QED) is 0.756. The third-order valence-corrected chi connectivity index (χ3v) is 2.70. The summed E-state index contributed by atoms with van der Waals surface area (Å²) in [5, 5.41) is 0. The second-order valence-electron chi connectivity index (χ2n) is 3.89. The number of nitrogens with one attached hydrogen (secondary N) is 1. The summed E-state index contributed by atoms with van der Waals surface area (Å²) in [4.78, 5) is 3.15. The smallest absolute Gasteiger partial charge is 0.205 e. The second-order valence-corrected chi connectivity index (χ2v) is 3.89. The van der Waals surface area contributed by atoms with E-state index >= 15 is 0 Å². The summed E-state index contributed by atoms with van der Waals surface area (Å²) in [7, 11) is 2.08. The molecule has 0 fully saturated rings. The van der Waals surface area contributed by atoms with Crippen molar-refractivity contribution >= 4 is 12.2 Å². The van der Waals surface area contributed by atoms with Gasteiger partial charge in [0.1, 0.15) is 7.05 Å². The Morgan fingerprint density at radius 2 is 2.12 bits per heavy atom. The van der Waals surface area contributed by atoms with Crippen LogP contribution in [0.3, 0.4) is 0 Å². The minimum absolute atomic E-state index is 1.08. The maximum Gasteiger partial charge on any atom is 0.205 e. The zero-order valence-electron chi connectivity index (χ0n) is 9.77. The van der Waals surface area contributed by atoms with E-state index in [-0.39, 0.29) is 0 Å². The summed E-state index contributed by atoms with van der Waals surface area (Å²) in [5.41, 5.74) is 3.69. The Hall–Kier alpha value is -1.83. The van der Waals surface area contributed by atoms with Gasteiger partial charge in [-0.25, -0.2) is 4.57 Å². The summed E-state index contributed by atoms with van der Waals surface area (Å²) >= 11 is 0. The van der Waals surface area contributed by atoms with Crippen molar-refractivity contribution in [3.8, 4) is 0 Å². The molecule has 0 atom stereocenters. The molecule has 2 aromatic rings. The minimum Gasteiger partial charge on any atom is -0.362 e. The van der Waals surface area contributed by atoms with Crippen LogP contribution in [0.5, 0.6) is 0 Å². The van der Waals surface area contributed by atoms with E-state index in [1.165, 1.54) is 11.3 Å². The Bertz CT molecular complexity index is 481. The van der Waals surface area contributed by atoms with Gasteiger partial charge in [0.15, 0.2) is 6.20 Å². The lowest BCUT2D eigenvalue weighted by Crippen LogP contribution is -2.31. The number of nitrogens with zero attached hydrogens (tertiary/aromatic N) is 1. The molecule has 0 saturated carbocycles. The van der Waals surface area contributed by atoms with Crippen LogP contribution in [-0.2, 0) is 13.5 Å². The first-order valence-corrected chi connectivity index (χ1v) is 5.59. The third kappa shape index (κ3) is 2.40. The molecule has 2 aromatic heterocycles. The zero-order chi connectivity index (χ0) is 11.4. The SMILES string of the molecule is CCc1ccc(/C=C\c2ccc[nH]2)[n+](C)c1. The van der Waals surface area contributed by atoms with Crippen molar-refractivity contribution in [2.75, 3.05) is 0 Å². The molecule has 82 valence electrons. The predicted molar refractivity (Wildman–Crippen MR) is 66.7 cm³/mol. The van der Waals surface area contributed by atoms with Crippen molar-refractivity contribution in [2.45, 2.75) is 13.3 Å². The van der Waals surface area contributed by atoms with Crippen LogP contribution in [0.2, 0.25) is 0 Å². The fraction of sp³-hybridized carbons (Fsp3) is 0.214. The maximum absolute atomic E-state index is 3.15. The molecule has 0 aliphatic heterocycles. The lowest BCUT2D eigenvalue weighted by molar-refractivity contribution is -0.673. The lowest BCUT2D eigenvalue weighted by Gasteiger charge is -1.97. The molecule has 16 heavy (non-hydrogen) atoms. The topological polar surface area (TPSA) is 19.7 Å². The Kier molecular flexibility index (Phi) is 3.20. The van der Waals surface area contributed by atoms with E-state index in [9.17, 15) is 0 Å². The number of hydrogen-bond donors (Lipinski definition) is 1. The van der Waals surface area contributed by atoms with Gasteiger partial charge in [-0.3, -0.25) is 0 Å². The van der Waals surface area contributed by atoms with Crippen LogP contribution in [0.1, 0.15) is 23.9 Å². The van der Waals surface area contributed by atoms with Gasteiger partial charge in [-0.15, -0.1) is 0 Å². The first-order chi connectivity index (χ1) is 7.79. The van der Waals surface area contributed by atoms with E-state index in [0.717, 1.165) is 12.1 Å². The lowest BCUT2D eigenvalue weighted by atomic mass is 10.2. The first-order valence-electron chi connectivity index (χ1n) is 5.59. The largest absolute Gasteiger partial charge is 0.362 e. The molecule has 2 heterocycles.